The van der Waals surface area contributed by atoms with Crippen LogP contribution in [0.3, 0.4) is 0 Å². The molecule has 0 spiro atoms. The van der Waals surface area contributed by atoms with Gasteiger partial charge in [0.15, 0.2) is 0 Å². The molecule has 150 valence electrons. The Balaban J connectivity index is 1.46. The molecule has 1 saturated heterocycles. The van der Waals surface area contributed by atoms with E-state index in [0.29, 0.717) is 18.8 Å². The molecule has 0 bridgehead atoms. The van der Waals surface area contributed by atoms with Crippen LogP contribution in [0.2, 0.25) is 0 Å². The summed E-state index contributed by atoms with van der Waals surface area (Å²) in [7, 11) is 0. The summed E-state index contributed by atoms with van der Waals surface area (Å²) in [5.74, 6) is -0.324. The first-order valence-corrected chi connectivity index (χ1v) is 8.98. The number of halogens is 3. The molecule has 1 aliphatic rings. The minimum atomic E-state index is -4.73. The number of amides is 2. The molecular formula is C20H22F3N3O2. The van der Waals surface area contributed by atoms with Crippen molar-refractivity contribution in [2.75, 3.05) is 31.5 Å². The maximum Gasteiger partial charge on any atom is 0.573 e. The van der Waals surface area contributed by atoms with Gasteiger partial charge < -0.3 is 15.0 Å². The SMILES string of the molecule is Cc1ccc(CN2CCN(C(=O)Nc3ccc(OC(F)(F)F)cc3)CC2)cc1. The van der Waals surface area contributed by atoms with Crippen molar-refractivity contribution in [2.24, 2.45) is 0 Å². The largest absolute Gasteiger partial charge is 0.573 e. The number of rotatable bonds is 4. The molecule has 1 N–H and O–H groups in total. The summed E-state index contributed by atoms with van der Waals surface area (Å²) in [6.45, 7) is 5.60. The average molecular weight is 393 g/mol. The van der Waals surface area contributed by atoms with Gasteiger partial charge in [0.05, 0.1) is 0 Å². The average Bonchev–Trinajstić information content (AvgIpc) is 2.65. The lowest BCUT2D eigenvalue weighted by atomic mass is 10.1. The minimum Gasteiger partial charge on any atom is -0.406 e. The molecule has 0 atom stereocenters. The van der Waals surface area contributed by atoms with Crippen molar-refractivity contribution in [3.05, 3.63) is 59.7 Å². The van der Waals surface area contributed by atoms with Crippen LogP contribution in [-0.2, 0) is 6.54 Å². The van der Waals surface area contributed by atoms with Gasteiger partial charge >= 0.3 is 12.4 Å². The smallest absolute Gasteiger partial charge is 0.406 e. The van der Waals surface area contributed by atoms with E-state index in [1.165, 1.54) is 35.4 Å². The number of hydrogen-bond acceptors (Lipinski definition) is 3. The number of carbonyl (C=O) groups excluding carboxylic acids is 1. The number of hydrogen-bond donors (Lipinski definition) is 1. The standard InChI is InChI=1S/C20H22F3N3O2/c1-15-2-4-16(5-3-15)14-25-10-12-26(13-11-25)19(27)24-17-6-8-18(9-7-17)28-20(21,22)23/h2-9H,10-14H2,1H3,(H,24,27). The highest BCUT2D eigenvalue weighted by atomic mass is 19.4. The predicted octanol–water partition coefficient (Wildman–Crippen LogP) is 4.24. The van der Waals surface area contributed by atoms with Crippen LogP contribution in [0.15, 0.2) is 48.5 Å². The van der Waals surface area contributed by atoms with Crippen molar-refractivity contribution in [2.45, 2.75) is 19.8 Å². The van der Waals surface area contributed by atoms with Crippen molar-refractivity contribution in [3.8, 4) is 5.75 Å². The quantitative estimate of drug-likeness (QED) is 0.845. The molecule has 1 heterocycles. The Labute approximate surface area is 161 Å². The number of alkyl halides is 3. The predicted molar refractivity (Wildman–Crippen MR) is 100 cm³/mol. The lowest BCUT2D eigenvalue weighted by Gasteiger charge is -2.34. The Morgan fingerprint density at radius 3 is 2.18 bits per heavy atom. The first-order chi connectivity index (χ1) is 13.3. The summed E-state index contributed by atoms with van der Waals surface area (Å²) >= 11 is 0. The van der Waals surface area contributed by atoms with Crippen LogP contribution in [0.5, 0.6) is 5.75 Å². The van der Waals surface area contributed by atoms with Crippen LogP contribution in [0, 0.1) is 6.92 Å². The van der Waals surface area contributed by atoms with E-state index < -0.39 is 6.36 Å². The van der Waals surface area contributed by atoms with E-state index >= 15 is 0 Å². The molecule has 2 aromatic rings. The fourth-order valence-corrected chi connectivity index (χ4v) is 3.00. The number of nitrogens with one attached hydrogen (secondary N) is 1. The second-order valence-corrected chi connectivity index (χ2v) is 6.75. The van der Waals surface area contributed by atoms with Crippen molar-refractivity contribution < 1.29 is 22.7 Å². The van der Waals surface area contributed by atoms with E-state index in [4.69, 9.17) is 0 Å². The lowest BCUT2D eigenvalue weighted by molar-refractivity contribution is -0.274. The molecule has 2 amide bonds. The van der Waals surface area contributed by atoms with Gasteiger partial charge in [0.2, 0.25) is 0 Å². The van der Waals surface area contributed by atoms with Crippen LogP contribution in [-0.4, -0.2) is 48.4 Å². The van der Waals surface area contributed by atoms with E-state index in [1.54, 1.807) is 4.90 Å². The van der Waals surface area contributed by atoms with Gasteiger partial charge in [-0.05, 0) is 36.8 Å². The van der Waals surface area contributed by atoms with E-state index in [1.807, 2.05) is 0 Å². The second-order valence-electron chi connectivity index (χ2n) is 6.75. The number of benzene rings is 2. The van der Waals surface area contributed by atoms with Gasteiger partial charge in [-0.25, -0.2) is 4.79 Å². The molecule has 0 unspecified atom stereocenters. The number of carbonyl (C=O) groups is 1. The third-order valence-electron chi connectivity index (χ3n) is 4.53. The minimum absolute atomic E-state index is 0.264. The van der Waals surface area contributed by atoms with E-state index in [-0.39, 0.29) is 11.8 Å². The van der Waals surface area contributed by atoms with Gasteiger partial charge in [0.1, 0.15) is 5.75 Å². The Hall–Kier alpha value is -2.74. The summed E-state index contributed by atoms with van der Waals surface area (Å²) in [5.41, 5.74) is 2.88. The normalized spacial score (nSPS) is 15.4. The maximum atomic E-state index is 12.4. The van der Waals surface area contributed by atoms with E-state index in [0.717, 1.165) is 19.6 Å². The van der Waals surface area contributed by atoms with Crippen LogP contribution in [0.25, 0.3) is 0 Å². The Morgan fingerprint density at radius 1 is 1.00 bits per heavy atom. The van der Waals surface area contributed by atoms with E-state index in [2.05, 4.69) is 46.1 Å². The molecular weight excluding hydrogens is 371 g/mol. The molecule has 5 nitrogen and oxygen atoms in total. The summed E-state index contributed by atoms with van der Waals surface area (Å²) in [6.07, 6.45) is -4.73. The highest BCUT2D eigenvalue weighted by Gasteiger charge is 2.31. The zero-order chi connectivity index (χ0) is 20.1. The summed E-state index contributed by atoms with van der Waals surface area (Å²) < 4.78 is 40.4. The molecule has 3 rings (SSSR count). The van der Waals surface area contributed by atoms with Gasteiger partial charge in [-0.2, -0.15) is 0 Å². The number of piperazine rings is 1. The zero-order valence-electron chi connectivity index (χ0n) is 15.5. The van der Waals surface area contributed by atoms with Gasteiger partial charge in [-0.15, -0.1) is 13.2 Å². The Bertz CT molecular complexity index is 784. The Morgan fingerprint density at radius 2 is 1.61 bits per heavy atom. The topological polar surface area (TPSA) is 44.8 Å². The van der Waals surface area contributed by atoms with Gasteiger partial charge in [-0.1, -0.05) is 29.8 Å². The molecule has 28 heavy (non-hydrogen) atoms. The molecule has 0 saturated carbocycles. The summed E-state index contributed by atoms with van der Waals surface area (Å²) in [5, 5.41) is 2.70. The third kappa shape index (κ3) is 5.88. The molecule has 0 aromatic heterocycles. The highest BCUT2D eigenvalue weighted by molar-refractivity contribution is 5.89. The summed E-state index contributed by atoms with van der Waals surface area (Å²) in [6, 6.07) is 13.2. The van der Waals surface area contributed by atoms with Crippen LogP contribution < -0.4 is 10.1 Å². The summed E-state index contributed by atoms with van der Waals surface area (Å²) in [4.78, 5) is 16.4. The fourth-order valence-electron chi connectivity index (χ4n) is 3.00. The van der Waals surface area contributed by atoms with Crippen molar-refractivity contribution in [3.63, 3.8) is 0 Å². The number of aryl methyl sites for hydroxylation is 1. The van der Waals surface area contributed by atoms with E-state index in [9.17, 15) is 18.0 Å². The number of nitrogens with zero attached hydrogens (tertiary/aromatic N) is 2. The van der Waals surface area contributed by atoms with Crippen molar-refractivity contribution in [1.29, 1.82) is 0 Å². The van der Waals surface area contributed by atoms with Crippen molar-refractivity contribution >= 4 is 11.7 Å². The second kappa shape index (κ2) is 8.52. The zero-order valence-corrected chi connectivity index (χ0v) is 15.5. The monoisotopic (exact) mass is 393 g/mol. The molecule has 0 aliphatic carbocycles. The molecule has 8 heteroatoms. The van der Waals surface area contributed by atoms with Crippen LogP contribution in [0.1, 0.15) is 11.1 Å². The molecule has 1 fully saturated rings. The van der Waals surface area contributed by atoms with Crippen LogP contribution in [0.4, 0.5) is 23.7 Å². The first-order valence-electron chi connectivity index (χ1n) is 8.98. The lowest BCUT2D eigenvalue weighted by Crippen LogP contribution is -2.49. The maximum absolute atomic E-state index is 12.4. The van der Waals surface area contributed by atoms with Gasteiger partial charge in [0, 0.05) is 38.4 Å². The number of urea groups is 1. The number of anilines is 1. The van der Waals surface area contributed by atoms with Crippen molar-refractivity contribution in [1.82, 2.24) is 9.80 Å². The van der Waals surface area contributed by atoms with Crippen LogP contribution >= 0.6 is 0 Å². The van der Waals surface area contributed by atoms with Gasteiger partial charge in [0.25, 0.3) is 0 Å². The molecule has 2 aromatic carbocycles. The third-order valence-corrected chi connectivity index (χ3v) is 4.53. The number of ether oxygens (including phenoxy) is 1. The highest BCUT2D eigenvalue weighted by Crippen LogP contribution is 2.24. The fraction of sp³-hybridized carbons (Fsp3) is 0.350. The Kier molecular flexibility index (Phi) is 6.08. The molecule has 0 radical (unpaired) electrons. The first kappa shape index (κ1) is 20.0. The van der Waals surface area contributed by atoms with Gasteiger partial charge in [-0.3, -0.25) is 4.90 Å². The molecule has 1 aliphatic heterocycles.